The molecule has 1 aliphatic heterocycles. The SMILES string of the molecule is CCSC1=NC(=Cc2ccc(OC(C)C)cc2)C(=O)N1c1ccccc1. The summed E-state index contributed by atoms with van der Waals surface area (Å²) in [6.45, 7) is 6.04. The first-order chi connectivity index (χ1) is 12.6. The number of amidine groups is 1. The second-order valence-corrected chi connectivity index (χ2v) is 7.30. The van der Waals surface area contributed by atoms with Crippen molar-refractivity contribution in [2.24, 2.45) is 4.99 Å². The summed E-state index contributed by atoms with van der Waals surface area (Å²) in [5.74, 6) is 1.57. The Hall–Kier alpha value is -2.53. The zero-order valence-corrected chi connectivity index (χ0v) is 16.0. The van der Waals surface area contributed by atoms with Crippen molar-refractivity contribution in [1.82, 2.24) is 0 Å². The lowest BCUT2D eigenvalue weighted by Gasteiger charge is -2.17. The zero-order valence-electron chi connectivity index (χ0n) is 15.2. The van der Waals surface area contributed by atoms with Crippen molar-refractivity contribution in [1.29, 1.82) is 0 Å². The molecule has 0 atom stereocenters. The fraction of sp³-hybridized carbons (Fsp3) is 0.238. The van der Waals surface area contributed by atoms with Crippen LogP contribution in [0.25, 0.3) is 6.08 Å². The normalized spacial score (nSPS) is 15.7. The summed E-state index contributed by atoms with van der Waals surface area (Å²) in [7, 11) is 0. The van der Waals surface area contributed by atoms with Crippen LogP contribution in [0.5, 0.6) is 5.75 Å². The van der Waals surface area contributed by atoms with Crippen LogP contribution in [0.2, 0.25) is 0 Å². The van der Waals surface area contributed by atoms with Crippen LogP contribution in [-0.2, 0) is 4.79 Å². The van der Waals surface area contributed by atoms with Gasteiger partial charge in [-0.05, 0) is 55.5 Å². The zero-order chi connectivity index (χ0) is 18.5. The van der Waals surface area contributed by atoms with Gasteiger partial charge in [-0.2, -0.15) is 0 Å². The van der Waals surface area contributed by atoms with Gasteiger partial charge in [-0.3, -0.25) is 9.69 Å². The van der Waals surface area contributed by atoms with Gasteiger partial charge in [0.05, 0.1) is 11.8 Å². The van der Waals surface area contributed by atoms with Gasteiger partial charge in [0, 0.05) is 0 Å². The van der Waals surface area contributed by atoms with Crippen LogP contribution in [0.3, 0.4) is 0 Å². The fourth-order valence-corrected chi connectivity index (χ4v) is 3.34. The molecule has 0 saturated heterocycles. The molecule has 0 radical (unpaired) electrons. The number of aliphatic imine (C=N–C) groups is 1. The summed E-state index contributed by atoms with van der Waals surface area (Å²) in [5, 5.41) is 0.717. The van der Waals surface area contributed by atoms with Crippen molar-refractivity contribution < 1.29 is 9.53 Å². The maximum atomic E-state index is 12.9. The molecule has 5 heteroatoms. The number of ether oxygens (including phenoxy) is 1. The lowest BCUT2D eigenvalue weighted by atomic mass is 10.2. The number of para-hydroxylation sites is 1. The number of thioether (sulfide) groups is 1. The Morgan fingerprint density at radius 2 is 1.81 bits per heavy atom. The van der Waals surface area contributed by atoms with Crippen LogP contribution in [0.4, 0.5) is 5.69 Å². The van der Waals surface area contributed by atoms with Crippen molar-refractivity contribution in [2.75, 3.05) is 10.7 Å². The monoisotopic (exact) mass is 366 g/mol. The van der Waals surface area contributed by atoms with E-state index in [1.54, 1.807) is 16.7 Å². The van der Waals surface area contributed by atoms with Crippen LogP contribution in [-0.4, -0.2) is 22.9 Å². The third-order valence-corrected chi connectivity index (χ3v) is 4.49. The van der Waals surface area contributed by atoms with Crippen LogP contribution >= 0.6 is 11.8 Å². The highest BCUT2D eigenvalue weighted by atomic mass is 32.2. The van der Waals surface area contributed by atoms with E-state index in [2.05, 4.69) is 11.9 Å². The molecule has 1 heterocycles. The van der Waals surface area contributed by atoms with Crippen LogP contribution in [0.1, 0.15) is 26.3 Å². The summed E-state index contributed by atoms with van der Waals surface area (Å²) in [6, 6.07) is 17.3. The largest absolute Gasteiger partial charge is 0.491 e. The number of carbonyl (C=O) groups is 1. The predicted octanol–water partition coefficient (Wildman–Crippen LogP) is 4.97. The van der Waals surface area contributed by atoms with E-state index in [0.717, 1.165) is 27.9 Å². The van der Waals surface area contributed by atoms with Crippen molar-refractivity contribution in [3.8, 4) is 5.75 Å². The molecule has 3 rings (SSSR count). The molecule has 0 aliphatic carbocycles. The molecule has 0 aromatic heterocycles. The molecular weight excluding hydrogens is 344 g/mol. The minimum atomic E-state index is -0.102. The first-order valence-electron chi connectivity index (χ1n) is 8.68. The Morgan fingerprint density at radius 1 is 1.12 bits per heavy atom. The Morgan fingerprint density at radius 3 is 2.42 bits per heavy atom. The third-order valence-electron chi connectivity index (χ3n) is 3.67. The highest BCUT2D eigenvalue weighted by Crippen LogP contribution is 2.29. The van der Waals surface area contributed by atoms with Gasteiger partial charge in [-0.15, -0.1) is 0 Å². The Bertz CT molecular complexity index is 827. The Kier molecular flexibility index (Phi) is 5.78. The molecule has 2 aromatic carbocycles. The van der Waals surface area contributed by atoms with Crippen LogP contribution in [0, 0.1) is 0 Å². The molecule has 0 fully saturated rings. The molecule has 0 saturated carbocycles. The van der Waals surface area contributed by atoms with Crippen molar-refractivity contribution in [3.63, 3.8) is 0 Å². The quantitative estimate of drug-likeness (QED) is 0.702. The lowest BCUT2D eigenvalue weighted by Crippen LogP contribution is -2.30. The number of benzene rings is 2. The number of hydrogen-bond donors (Lipinski definition) is 0. The standard InChI is InChI=1S/C21H22N2O2S/c1-4-26-21-22-19(20(24)23(21)17-8-6-5-7-9-17)14-16-10-12-18(13-11-16)25-15(2)3/h5-15H,4H2,1-3H3. The second-order valence-electron chi connectivity index (χ2n) is 6.07. The predicted molar refractivity (Wildman–Crippen MR) is 110 cm³/mol. The number of carbonyl (C=O) groups excluding carboxylic acids is 1. The van der Waals surface area contributed by atoms with Crippen molar-refractivity contribution in [3.05, 3.63) is 65.9 Å². The highest BCUT2D eigenvalue weighted by molar-refractivity contribution is 8.14. The number of rotatable bonds is 5. The van der Waals surface area contributed by atoms with Gasteiger partial charge < -0.3 is 4.74 Å². The fourth-order valence-electron chi connectivity index (χ4n) is 2.60. The summed E-state index contributed by atoms with van der Waals surface area (Å²) in [4.78, 5) is 19.2. The number of nitrogens with zero attached hydrogens (tertiary/aromatic N) is 2. The molecule has 0 N–H and O–H groups in total. The second kappa shape index (κ2) is 8.23. The van der Waals surface area contributed by atoms with Gasteiger partial charge >= 0.3 is 0 Å². The molecule has 1 aliphatic rings. The Balaban J connectivity index is 1.88. The molecule has 26 heavy (non-hydrogen) atoms. The van der Waals surface area contributed by atoms with E-state index in [0.29, 0.717) is 5.70 Å². The van der Waals surface area contributed by atoms with Gasteiger partial charge in [0.25, 0.3) is 5.91 Å². The molecule has 0 bridgehead atoms. The highest BCUT2D eigenvalue weighted by Gasteiger charge is 2.31. The summed E-state index contributed by atoms with van der Waals surface area (Å²) in [6.07, 6.45) is 1.95. The average Bonchev–Trinajstić information content (AvgIpc) is 2.93. The minimum absolute atomic E-state index is 0.102. The van der Waals surface area contributed by atoms with E-state index in [1.807, 2.05) is 74.5 Å². The van der Waals surface area contributed by atoms with Crippen molar-refractivity contribution >= 4 is 34.6 Å². The number of hydrogen-bond acceptors (Lipinski definition) is 4. The Labute approximate surface area is 158 Å². The van der Waals surface area contributed by atoms with E-state index in [4.69, 9.17) is 4.74 Å². The van der Waals surface area contributed by atoms with Gasteiger partial charge in [-0.1, -0.05) is 49.0 Å². The maximum absolute atomic E-state index is 12.9. The molecule has 134 valence electrons. The summed E-state index contributed by atoms with van der Waals surface area (Å²) in [5.41, 5.74) is 2.20. The molecule has 2 aromatic rings. The van der Waals surface area contributed by atoms with Crippen LogP contribution < -0.4 is 9.64 Å². The topological polar surface area (TPSA) is 41.9 Å². The van der Waals surface area contributed by atoms with E-state index < -0.39 is 0 Å². The molecule has 0 unspecified atom stereocenters. The number of amides is 1. The van der Waals surface area contributed by atoms with E-state index in [1.165, 1.54) is 0 Å². The maximum Gasteiger partial charge on any atom is 0.283 e. The number of anilines is 1. The summed E-state index contributed by atoms with van der Waals surface area (Å²) >= 11 is 1.56. The lowest BCUT2D eigenvalue weighted by molar-refractivity contribution is -0.113. The van der Waals surface area contributed by atoms with Gasteiger partial charge in [0.2, 0.25) is 0 Å². The average molecular weight is 366 g/mol. The molecule has 0 spiro atoms. The molecule has 4 nitrogen and oxygen atoms in total. The van der Waals surface area contributed by atoms with Gasteiger partial charge in [0.15, 0.2) is 5.17 Å². The first-order valence-corrected chi connectivity index (χ1v) is 9.66. The van der Waals surface area contributed by atoms with Gasteiger partial charge in [-0.25, -0.2) is 4.99 Å². The van der Waals surface area contributed by atoms with Crippen LogP contribution in [0.15, 0.2) is 65.3 Å². The smallest absolute Gasteiger partial charge is 0.283 e. The first kappa shape index (κ1) is 18.3. The third kappa shape index (κ3) is 4.17. The molecular formula is C21H22N2O2S. The van der Waals surface area contributed by atoms with E-state index in [9.17, 15) is 4.79 Å². The van der Waals surface area contributed by atoms with E-state index in [-0.39, 0.29) is 12.0 Å². The van der Waals surface area contributed by atoms with E-state index >= 15 is 0 Å². The molecule has 1 amide bonds. The minimum Gasteiger partial charge on any atom is -0.491 e. The summed E-state index contributed by atoms with van der Waals surface area (Å²) < 4.78 is 5.66. The van der Waals surface area contributed by atoms with Crippen molar-refractivity contribution in [2.45, 2.75) is 26.9 Å². The van der Waals surface area contributed by atoms with Gasteiger partial charge in [0.1, 0.15) is 11.4 Å².